The van der Waals surface area contributed by atoms with Crippen molar-refractivity contribution in [3.05, 3.63) is 64.7 Å². The van der Waals surface area contributed by atoms with Crippen molar-refractivity contribution >= 4 is 5.69 Å². The molecule has 0 aromatic heterocycles. The van der Waals surface area contributed by atoms with Gasteiger partial charge in [0.1, 0.15) is 0 Å². The molecule has 0 saturated carbocycles. The van der Waals surface area contributed by atoms with Crippen LogP contribution in [0, 0.1) is 5.92 Å². The molecule has 2 aliphatic rings. The number of rotatable bonds is 2. The van der Waals surface area contributed by atoms with Crippen LogP contribution in [0.15, 0.2) is 42.5 Å². The standard InChI is InChI=1S/C22H24F3NO/c1-13(2)14-9-10-19-17(12-14)21-16(7-5-11-27-21)20(26-19)15-6-3-4-8-18(15)22(23,24)25/h3-4,6,8-10,12-13,16,20-21,26H,5,7,11H2,1-2H3/t16-,20-,21-/m0/s1. The second-order valence-corrected chi connectivity index (χ2v) is 7.81. The van der Waals surface area contributed by atoms with Gasteiger partial charge in [0.25, 0.3) is 0 Å². The van der Waals surface area contributed by atoms with Crippen molar-refractivity contribution in [1.29, 1.82) is 0 Å². The highest BCUT2D eigenvalue weighted by molar-refractivity contribution is 5.59. The molecular weight excluding hydrogens is 351 g/mol. The normalized spacial score (nSPS) is 24.9. The number of fused-ring (bicyclic) bond motifs is 3. The number of benzene rings is 2. The Bertz CT molecular complexity index is 831. The Hall–Kier alpha value is -2.01. The molecule has 3 atom stereocenters. The molecule has 0 radical (unpaired) electrons. The van der Waals surface area contributed by atoms with Crippen LogP contribution in [0.25, 0.3) is 0 Å². The molecular formula is C22H24F3NO. The number of hydrogen-bond acceptors (Lipinski definition) is 2. The molecule has 1 saturated heterocycles. The summed E-state index contributed by atoms with van der Waals surface area (Å²) in [6.07, 6.45) is -2.82. The van der Waals surface area contributed by atoms with Gasteiger partial charge in [0.2, 0.25) is 0 Å². The van der Waals surface area contributed by atoms with Gasteiger partial charge in [-0.2, -0.15) is 13.2 Å². The van der Waals surface area contributed by atoms with Crippen molar-refractivity contribution in [1.82, 2.24) is 0 Å². The number of hydrogen-bond donors (Lipinski definition) is 1. The van der Waals surface area contributed by atoms with Gasteiger partial charge in [-0.05, 0) is 42.0 Å². The zero-order valence-electron chi connectivity index (χ0n) is 15.5. The van der Waals surface area contributed by atoms with E-state index < -0.39 is 17.8 Å². The molecule has 2 aliphatic heterocycles. The van der Waals surface area contributed by atoms with E-state index in [1.165, 1.54) is 17.7 Å². The minimum Gasteiger partial charge on any atom is -0.378 e. The Morgan fingerprint density at radius 3 is 2.59 bits per heavy atom. The van der Waals surface area contributed by atoms with Crippen molar-refractivity contribution in [3.63, 3.8) is 0 Å². The van der Waals surface area contributed by atoms with Gasteiger partial charge in [-0.15, -0.1) is 0 Å². The molecule has 2 aromatic carbocycles. The van der Waals surface area contributed by atoms with Crippen LogP contribution in [-0.4, -0.2) is 6.61 Å². The first-order valence-corrected chi connectivity index (χ1v) is 9.54. The zero-order valence-corrected chi connectivity index (χ0v) is 15.5. The zero-order chi connectivity index (χ0) is 19.2. The molecule has 4 rings (SSSR count). The number of alkyl halides is 3. The maximum Gasteiger partial charge on any atom is 0.416 e. The molecule has 27 heavy (non-hydrogen) atoms. The van der Waals surface area contributed by atoms with Crippen LogP contribution >= 0.6 is 0 Å². The van der Waals surface area contributed by atoms with E-state index in [0.29, 0.717) is 18.1 Å². The smallest absolute Gasteiger partial charge is 0.378 e. The molecule has 5 heteroatoms. The van der Waals surface area contributed by atoms with Crippen LogP contribution in [0.3, 0.4) is 0 Å². The first kappa shape index (κ1) is 18.4. The van der Waals surface area contributed by atoms with Gasteiger partial charge in [-0.3, -0.25) is 0 Å². The summed E-state index contributed by atoms with van der Waals surface area (Å²) in [6, 6.07) is 11.7. The fourth-order valence-corrected chi connectivity index (χ4v) is 4.38. The van der Waals surface area contributed by atoms with Crippen LogP contribution in [0.4, 0.5) is 18.9 Å². The van der Waals surface area contributed by atoms with Gasteiger partial charge in [0.05, 0.1) is 17.7 Å². The van der Waals surface area contributed by atoms with Crippen LogP contribution < -0.4 is 5.32 Å². The molecule has 2 aromatic rings. The summed E-state index contributed by atoms with van der Waals surface area (Å²) in [4.78, 5) is 0. The topological polar surface area (TPSA) is 21.3 Å². The van der Waals surface area contributed by atoms with Crippen LogP contribution in [0.1, 0.15) is 67.0 Å². The summed E-state index contributed by atoms with van der Waals surface area (Å²) >= 11 is 0. The van der Waals surface area contributed by atoms with Crippen LogP contribution in [0.2, 0.25) is 0 Å². The maximum atomic E-state index is 13.6. The van der Waals surface area contributed by atoms with Gasteiger partial charge in [0, 0.05) is 23.8 Å². The van der Waals surface area contributed by atoms with Crippen LogP contribution in [-0.2, 0) is 10.9 Å². The SMILES string of the molecule is CC(C)c1ccc2c(c1)[C@H]1OCCC[C@H]1[C@H](c1ccccc1C(F)(F)F)N2. The summed E-state index contributed by atoms with van der Waals surface area (Å²) < 4.78 is 46.9. The molecule has 0 amide bonds. The highest BCUT2D eigenvalue weighted by Gasteiger charge is 2.43. The Balaban J connectivity index is 1.81. The lowest BCUT2D eigenvalue weighted by Gasteiger charge is -2.44. The van der Waals surface area contributed by atoms with E-state index in [2.05, 4.69) is 25.2 Å². The molecule has 1 fully saturated rings. The van der Waals surface area contributed by atoms with Gasteiger partial charge < -0.3 is 10.1 Å². The first-order chi connectivity index (χ1) is 12.9. The van der Waals surface area contributed by atoms with Crippen molar-refractivity contribution in [2.45, 2.75) is 50.9 Å². The van der Waals surface area contributed by atoms with E-state index in [0.717, 1.165) is 24.1 Å². The molecule has 2 heterocycles. The Morgan fingerprint density at radius 1 is 1.07 bits per heavy atom. The third-order valence-electron chi connectivity index (χ3n) is 5.76. The lowest BCUT2D eigenvalue weighted by atomic mass is 9.76. The summed E-state index contributed by atoms with van der Waals surface area (Å²) in [6.45, 7) is 4.93. The largest absolute Gasteiger partial charge is 0.416 e. The lowest BCUT2D eigenvalue weighted by Crippen LogP contribution is -2.37. The summed E-state index contributed by atoms with van der Waals surface area (Å²) in [5.41, 5.74) is 2.92. The van der Waals surface area contributed by atoms with E-state index in [1.807, 2.05) is 12.1 Å². The monoisotopic (exact) mass is 375 g/mol. The van der Waals surface area contributed by atoms with Crippen molar-refractivity contribution in [2.75, 3.05) is 11.9 Å². The molecule has 0 unspecified atom stereocenters. The fraction of sp³-hybridized carbons (Fsp3) is 0.455. The quantitative estimate of drug-likeness (QED) is 0.650. The number of halogens is 3. The van der Waals surface area contributed by atoms with E-state index >= 15 is 0 Å². The lowest BCUT2D eigenvalue weighted by molar-refractivity contribution is -0.138. The van der Waals surface area contributed by atoms with Crippen LogP contribution in [0.5, 0.6) is 0 Å². The molecule has 1 N–H and O–H groups in total. The van der Waals surface area contributed by atoms with E-state index in [1.54, 1.807) is 12.1 Å². The molecule has 0 bridgehead atoms. The van der Waals surface area contributed by atoms with Crippen molar-refractivity contribution in [3.8, 4) is 0 Å². The highest BCUT2D eigenvalue weighted by atomic mass is 19.4. The van der Waals surface area contributed by atoms with E-state index in [4.69, 9.17) is 4.74 Å². The van der Waals surface area contributed by atoms with Gasteiger partial charge in [-0.25, -0.2) is 0 Å². The maximum absolute atomic E-state index is 13.6. The second-order valence-electron chi connectivity index (χ2n) is 7.81. The third kappa shape index (κ3) is 3.33. The molecule has 2 nitrogen and oxygen atoms in total. The minimum atomic E-state index is -4.37. The minimum absolute atomic E-state index is 0.0165. The van der Waals surface area contributed by atoms with Gasteiger partial charge >= 0.3 is 6.18 Å². The Labute approximate surface area is 157 Å². The fourth-order valence-electron chi connectivity index (χ4n) is 4.38. The predicted octanol–water partition coefficient (Wildman–Crippen LogP) is 6.46. The predicted molar refractivity (Wildman–Crippen MR) is 99.8 cm³/mol. The Kier molecular flexibility index (Phi) is 4.66. The number of nitrogens with one attached hydrogen (secondary N) is 1. The number of anilines is 1. The van der Waals surface area contributed by atoms with E-state index in [-0.39, 0.29) is 12.0 Å². The average molecular weight is 375 g/mol. The first-order valence-electron chi connectivity index (χ1n) is 9.54. The molecule has 0 spiro atoms. The van der Waals surface area contributed by atoms with Gasteiger partial charge in [0.15, 0.2) is 0 Å². The number of ether oxygens (including phenoxy) is 1. The third-order valence-corrected chi connectivity index (χ3v) is 5.76. The highest BCUT2D eigenvalue weighted by Crippen LogP contribution is 2.51. The molecule has 0 aliphatic carbocycles. The summed E-state index contributed by atoms with van der Waals surface area (Å²) in [7, 11) is 0. The average Bonchev–Trinajstić information content (AvgIpc) is 2.66. The Morgan fingerprint density at radius 2 is 1.85 bits per heavy atom. The molecule has 144 valence electrons. The second kappa shape index (κ2) is 6.86. The van der Waals surface area contributed by atoms with Gasteiger partial charge in [-0.1, -0.05) is 44.2 Å². The van der Waals surface area contributed by atoms with Crippen molar-refractivity contribution < 1.29 is 17.9 Å². The van der Waals surface area contributed by atoms with Crippen molar-refractivity contribution in [2.24, 2.45) is 5.92 Å². The van der Waals surface area contributed by atoms with E-state index in [9.17, 15) is 13.2 Å². The summed E-state index contributed by atoms with van der Waals surface area (Å²) in [5, 5.41) is 3.41. The summed E-state index contributed by atoms with van der Waals surface area (Å²) in [5.74, 6) is 0.373.